The van der Waals surface area contributed by atoms with Crippen LogP contribution in [-0.4, -0.2) is 18.9 Å². The van der Waals surface area contributed by atoms with Crippen LogP contribution >= 0.6 is 27.5 Å². The molecule has 0 aliphatic carbocycles. The number of guanidine groups is 1. The van der Waals surface area contributed by atoms with Gasteiger partial charge in [-0.1, -0.05) is 17.7 Å². The summed E-state index contributed by atoms with van der Waals surface area (Å²) in [7, 11) is 1.61. The Bertz CT molecular complexity index is 475. The first-order valence-electron chi connectivity index (χ1n) is 4.61. The Balaban J connectivity index is 2.31. The van der Waals surface area contributed by atoms with Crippen LogP contribution in [0.15, 0.2) is 27.7 Å². The van der Waals surface area contributed by atoms with Crippen LogP contribution in [0.3, 0.4) is 0 Å². The number of hydrogen-bond acceptors (Lipinski definition) is 2. The third-order valence-corrected chi connectivity index (χ3v) is 3.50. The van der Waals surface area contributed by atoms with Gasteiger partial charge in [0.25, 0.3) is 5.91 Å². The van der Waals surface area contributed by atoms with E-state index in [2.05, 4.69) is 31.6 Å². The molecule has 1 aliphatic rings. The summed E-state index contributed by atoms with van der Waals surface area (Å²) in [5.41, 5.74) is 0.840. The molecule has 1 fully saturated rings. The smallest absolute Gasteiger partial charge is 0.253 e. The van der Waals surface area contributed by atoms with Crippen molar-refractivity contribution in [1.82, 2.24) is 10.6 Å². The number of hydrogen-bond donors (Lipinski definition) is 2. The molecule has 0 spiro atoms. The fraction of sp³-hybridized carbons (Fsp3) is 0.200. The highest BCUT2D eigenvalue weighted by Crippen LogP contribution is 2.27. The Morgan fingerprint density at radius 2 is 2.25 bits per heavy atom. The molecule has 84 valence electrons. The molecule has 16 heavy (non-hydrogen) atoms. The molecule has 0 saturated carbocycles. The summed E-state index contributed by atoms with van der Waals surface area (Å²) in [6.45, 7) is 0. The molecule has 1 amide bonds. The van der Waals surface area contributed by atoms with Crippen LogP contribution in [0.1, 0.15) is 11.6 Å². The molecule has 1 unspecified atom stereocenters. The molecule has 0 bridgehead atoms. The Morgan fingerprint density at radius 1 is 1.50 bits per heavy atom. The Labute approximate surface area is 106 Å². The molecule has 1 atom stereocenters. The molecular formula is C10H9BrClN3O. The Morgan fingerprint density at radius 3 is 2.81 bits per heavy atom. The minimum atomic E-state index is -0.410. The van der Waals surface area contributed by atoms with E-state index in [1.54, 1.807) is 13.1 Å². The van der Waals surface area contributed by atoms with E-state index in [0.29, 0.717) is 11.0 Å². The zero-order valence-corrected chi connectivity index (χ0v) is 10.8. The summed E-state index contributed by atoms with van der Waals surface area (Å²) in [6, 6.07) is 4.96. The fourth-order valence-corrected chi connectivity index (χ4v) is 1.99. The number of amides is 1. The van der Waals surface area contributed by atoms with Crippen LogP contribution in [0, 0.1) is 0 Å². The number of benzene rings is 1. The number of carbonyl (C=O) groups is 1. The Kier molecular flexibility index (Phi) is 3.16. The number of carbonyl (C=O) groups excluding carboxylic acids is 1. The lowest BCUT2D eigenvalue weighted by molar-refractivity contribution is -0.120. The topological polar surface area (TPSA) is 53.5 Å². The van der Waals surface area contributed by atoms with E-state index in [0.717, 1.165) is 10.0 Å². The summed E-state index contributed by atoms with van der Waals surface area (Å²) in [4.78, 5) is 15.5. The van der Waals surface area contributed by atoms with E-state index in [9.17, 15) is 4.79 Å². The number of nitrogens with one attached hydrogen (secondary N) is 2. The fourth-order valence-electron chi connectivity index (χ4n) is 1.47. The zero-order chi connectivity index (χ0) is 11.7. The lowest BCUT2D eigenvalue weighted by Gasteiger charge is -2.08. The molecule has 6 heteroatoms. The van der Waals surface area contributed by atoms with E-state index >= 15 is 0 Å². The molecule has 4 nitrogen and oxygen atoms in total. The largest absolute Gasteiger partial charge is 0.340 e. The van der Waals surface area contributed by atoms with Gasteiger partial charge in [-0.15, -0.1) is 0 Å². The van der Waals surface area contributed by atoms with Gasteiger partial charge >= 0.3 is 0 Å². The number of nitrogens with zero attached hydrogens (tertiary/aromatic N) is 1. The quantitative estimate of drug-likeness (QED) is 0.832. The van der Waals surface area contributed by atoms with Crippen molar-refractivity contribution in [1.29, 1.82) is 0 Å². The summed E-state index contributed by atoms with van der Waals surface area (Å²) in [6.07, 6.45) is 0. The molecule has 1 aromatic rings. The second-order valence-electron chi connectivity index (χ2n) is 3.31. The van der Waals surface area contributed by atoms with E-state index in [4.69, 9.17) is 11.6 Å². The van der Waals surface area contributed by atoms with Crippen molar-refractivity contribution < 1.29 is 4.79 Å². The third kappa shape index (κ3) is 2.05. The average molecular weight is 303 g/mol. The Hall–Kier alpha value is -1.07. The number of rotatable bonds is 1. The van der Waals surface area contributed by atoms with Gasteiger partial charge in [-0.05, 0) is 33.6 Å². The second-order valence-corrected chi connectivity index (χ2v) is 4.57. The van der Waals surface area contributed by atoms with Crippen molar-refractivity contribution in [2.75, 3.05) is 7.05 Å². The number of halogens is 2. The van der Waals surface area contributed by atoms with Crippen LogP contribution in [0.2, 0.25) is 5.02 Å². The first-order chi connectivity index (χ1) is 7.61. The van der Waals surface area contributed by atoms with E-state index < -0.39 is 6.04 Å². The van der Waals surface area contributed by atoms with E-state index in [-0.39, 0.29) is 5.91 Å². The van der Waals surface area contributed by atoms with Gasteiger partial charge in [0, 0.05) is 11.5 Å². The lowest BCUT2D eigenvalue weighted by Crippen LogP contribution is -2.24. The maximum Gasteiger partial charge on any atom is 0.253 e. The summed E-state index contributed by atoms with van der Waals surface area (Å²) >= 11 is 9.21. The molecule has 1 heterocycles. The van der Waals surface area contributed by atoms with Gasteiger partial charge in [0.2, 0.25) is 0 Å². The van der Waals surface area contributed by atoms with E-state index in [1.165, 1.54) is 0 Å². The normalized spacial score (nSPS) is 22.1. The van der Waals surface area contributed by atoms with Gasteiger partial charge in [-0.25, -0.2) is 0 Å². The summed E-state index contributed by atoms with van der Waals surface area (Å²) < 4.78 is 0.767. The van der Waals surface area contributed by atoms with Crippen LogP contribution < -0.4 is 10.6 Å². The van der Waals surface area contributed by atoms with Gasteiger partial charge in [-0.3, -0.25) is 15.1 Å². The average Bonchev–Trinajstić information content (AvgIpc) is 2.64. The molecule has 2 N–H and O–H groups in total. The molecule has 2 rings (SSSR count). The van der Waals surface area contributed by atoms with Crippen LogP contribution in [0.5, 0.6) is 0 Å². The molecule has 1 aromatic carbocycles. The predicted molar refractivity (Wildman–Crippen MR) is 66.5 cm³/mol. The summed E-state index contributed by atoms with van der Waals surface area (Å²) in [5, 5.41) is 6.23. The molecule has 0 aromatic heterocycles. The maximum atomic E-state index is 11.6. The standard InChI is InChI=1S/C10H9BrClN3O/c1-13-10-14-8(9(16)15-10)5-2-3-7(12)6(11)4-5/h2-4,8H,1H3,(H2,13,14,15,16). The van der Waals surface area contributed by atoms with Crippen molar-refractivity contribution in [3.8, 4) is 0 Å². The highest BCUT2D eigenvalue weighted by Gasteiger charge is 2.29. The molecule has 1 aliphatic heterocycles. The van der Waals surface area contributed by atoms with Crippen molar-refractivity contribution in [2.45, 2.75) is 6.04 Å². The van der Waals surface area contributed by atoms with Gasteiger partial charge < -0.3 is 5.32 Å². The monoisotopic (exact) mass is 301 g/mol. The predicted octanol–water partition coefficient (Wildman–Crippen LogP) is 1.85. The molecule has 0 radical (unpaired) electrons. The van der Waals surface area contributed by atoms with Gasteiger partial charge in [0.15, 0.2) is 5.96 Å². The van der Waals surface area contributed by atoms with Crippen molar-refractivity contribution in [3.63, 3.8) is 0 Å². The zero-order valence-electron chi connectivity index (χ0n) is 8.42. The van der Waals surface area contributed by atoms with Gasteiger partial charge in [0.1, 0.15) is 6.04 Å². The first-order valence-corrected chi connectivity index (χ1v) is 5.78. The molecule has 1 saturated heterocycles. The first kappa shape index (κ1) is 11.4. The second kappa shape index (κ2) is 4.43. The minimum Gasteiger partial charge on any atom is -0.340 e. The lowest BCUT2D eigenvalue weighted by atomic mass is 10.1. The SMILES string of the molecule is CN=C1NC(=O)C(c2ccc(Cl)c(Br)c2)N1. The molecular weight excluding hydrogens is 293 g/mol. The van der Waals surface area contributed by atoms with Crippen molar-refractivity contribution >= 4 is 39.4 Å². The highest BCUT2D eigenvalue weighted by molar-refractivity contribution is 9.10. The minimum absolute atomic E-state index is 0.116. The third-order valence-electron chi connectivity index (χ3n) is 2.29. The highest BCUT2D eigenvalue weighted by atomic mass is 79.9. The van der Waals surface area contributed by atoms with Crippen LogP contribution in [0.25, 0.3) is 0 Å². The van der Waals surface area contributed by atoms with Crippen molar-refractivity contribution in [3.05, 3.63) is 33.3 Å². The van der Waals surface area contributed by atoms with E-state index in [1.807, 2.05) is 12.1 Å². The van der Waals surface area contributed by atoms with Crippen LogP contribution in [-0.2, 0) is 4.79 Å². The van der Waals surface area contributed by atoms with Crippen LogP contribution in [0.4, 0.5) is 0 Å². The maximum absolute atomic E-state index is 11.6. The summed E-state index contributed by atoms with van der Waals surface area (Å²) in [5.74, 6) is 0.371. The number of aliphatic imine (C=N–C) groups is 1. The van der Waals surface area contributed by atoms with Gasteiger partial charge in [-0.2, -0.15) is 0 Å². The van der Waals surface area contributed by atoms with Gasteiger partial charge in [0.05, 0.1) is 5.02 Å². The van der Waals surface area contributed by atoms with Crippen molar-refractivity contribution in [2.24, 2.45) is 4.99 Å².